The molecule has 0 heterocycles. The van der Waals surface area contributed by atoms with Gasteiger partial charge in [-0.05, 0) is 51.4 Å². The first-order valence-corrected chi connectivity index (χ1v) is 30.3. The van der Waals surface area contributed by atoms with E-state index in [4.69, 9.17) is 14.2 Å². The summed E-state index contributed by atoms with van der Waals surface area (Å²) in [6, 6.07) is 0. The number of hydrogen-bond acceptors (Lipinski definition) is 6. The quantitative estimate of drug-likeness (QED) is 0.0262. The van der Waals surface area contributed by atoms with Gasteiger partial charge in [0.05, 0.1) is 0 Å². The van der Waals surface area contributed by atoms with E-state index in [1.165, 1.54) is 218 Å². The normalized spacial score (nSPS) is 12.1. The zero-order valence-corrected chi connectivity index (χ0v) is 45.9. The lowest BCUT2D eigenvalue weighted by atomic mass is 10.0. The lowest BCUT2D eigenvalue weighted by Crippen LogP contribution is -2.30. The molecule has 0 saturated heterocycles. The molecular weight excluding hydrogens is 841 g/mol. The Kier molecular flexibility index (Phi) is 55.7. The second-order valence-corrected chi connectivity index (χ2v) is 20.6. The molecule has 0 aromatic carbocycles. The van der Waals surface area contributed by atoms with Gasteiger partial charge in [-0.25, -0.2) is 0 Å². The maximum absolute atomic E-state index is 12.9. The molecule has 0 aliphatic heterocycles. The molecule has 400 valence electrons. The molecule has 0 fully saturated rings. The fraction of sp³-hybridized carbons (Fsp3) is 0.887. The van der Waals surface area contributed by atoms with Gasteiger partial charge >= 0.3 is 17.9 Å². The third-order valence-corrected chi connectivity index (χ3v) is 13.7. The van der Waals surface area contributed by atoms with Gasteiger partial charge in [0.2, 0.25) is 0 Å². The highest BCUT2D eigenvalue weighted by molar-refractivity contribution is 5.71. The van der Waals surface area contributed by atoms with E-state index in [2.05, 4.69) is 45.1 Å². The second kappa shape index (κ2) is 57.5. The Hall–Kier alpha value is -2.11. The predicted octanol–water partition coefficient (Wildman–Crippen LogP) is 20.3. The van der Waals surface area contributed by atoms with Crippen molar-refractivity contribution in [2.45, 2.75) is 341 Å². The fourth-order valence-corrected chi connectivity index (χ4v) is 9.12. The van der Waals surface area contributed by atoms with Gasteiger partial charge in [-0.1, -0.05) is 289 Å². The predicted molar refractivity (Wildman–Crippen MR) is 293 cm³/mol. The van der Waals surface area contributed by atoms with Crippen molar-refractivity contribution >= 4 is 17.9 Å². The van der Waals surface area contributed by atoms with E-state index in [9.17, 15) is 14.4 Å². The SMILES string of the molecule is CCCCC/C=C\C/C=C\CCCCCCCC(=O)OC[C@H](COC(=O)CCCCCCCCCCCCCCCCCCCCC)OC(=O)CCCCCCCCCCCCCCCCCC. The molecule has 0 radical (unpaired) electrons. The summed E-state index contributed by atoms with van der Waals surface area (Å²) < 4.78 is 16.9. The van der Waals surface area contributed by atoms with Crippen molar-refractivity contribution < 1.29 is 28.6 Å². The average molecular weight is 958 g/mol. The van der Waals surface area contributed by atoms with Crippen molar-refractivity contribution in [1.29, 1.82) is 0 Å². The summed E-state index contributed by atoms with van der Waals surface area (Å²) in [5, 5.41) is 0. The van der Waals surface area contributed by atoms with Crippen LogP contribution in [0.3, 0.4) is 0 Å². The summed E-state index contributed by atoms with van der Waals surface area (Å²) in [5.41, 5.74) is 0. The van der Waals surface area contributed by atoms with Gasteiger partial charge in [-0.2, -0.15) is 0 Å². The minimum absolute atomic E-state index is 0.0698. The highest BCUT2D eigenvalue weighted by atomic mass is 16.6. The van der Waals surface area contributed by atoms with Gasteiger partial charge < -0.3 is 14.2 Å². The van der Waals surface area contributed by atoms with Crippen LogP contribution in [0.4, 0.5) is 0 Å². The summed E-state index contributed by atoms with van der Waals surface area (Å²) in [6.07, 6.45) is 67.4. The van der Waals surface area contributed by atoms with Gasteiger partial charge in [-0.15, -0.1) is 0 Å². The van der Waals surface area contributed by atoms with Crippen molar-refractivity contribution in [3.63, 3.8) is 0 Å². The topological polar surface area (TPSA) is 78.9 Å². The van der Waals surface area contributed by atoms with Gasteiger partial charge in [0.1, 0.15) is 13.2 Å². The number of carbonyl (C=O) groups excluding carboxylic acids is 3. The molecule has 1 atom stereocenters. The molecule has 6 nitrogen and oxygen atoms in total. The van der Waals surface area contributed by atoms with Crippen LogP contribution in [0.15, 0.2) is 24.3 Å². The lowest BCUT2D eigenvalue weighted by molar-refractivity contribution is -0.167. The van der Waals surface area contributed by atoms with Crippen molar-refractivity contribution in [3.05, 3.63) is 24.3 Å². The summed E-state index contributed by atoms with van der Waals surface area (Å²) in [5.74, 6) is -0.859. The van der Waals surface area contributed by atoms with Crippen LogP contribution in [0.2, 0.25) is 0 Å². The van der Waals surface area contributed by atoms with Crippen LogP contribution in [0, 0.1) is 0 Å². The molecule has 0 unspecified atom stereocenters. The van der Waals surface area contributed by atoms with E-state index in [1.807, 2.05) is 0 Å². The van der Waals surface area contributed by atoms with Gasteiger partial charge in [0.25, 0.3) is 0 Å². The summed E-state index contributed by atoms with van der Waals surface area (Å²) >= 11 is 0. The number of esters is 3. The van der Waals surface area contributed by atoms with E-state index in [1.54, 1.807) is 0 Å². The maximum Gasteiger partial charge on any atom is 0.306 e. The summed E-state index contributed by atoms with van der Waals surface area (Å²) in [7, 11) is 0. The summed E-state index contributed by atoms with van der Waals surface area (Å²) in [6.45, 7) is 6.66. The fourth-order valence-electron chi connectivity index (χ4n) is 9.12. The van der Waals surface area contributed by atoms with Crippen molar-refractivity contribution in [3.8, 4) is 0 Å². The van der Waals surface area contributed by atoms with E-state index in [-0.39, 0.29) is 31.1 Å². The summed E-state index contributed by atoms with van der Waals surface area (Å²) in [4.78, 5) is 38.2. The lowest BCUT2D eigenvalue weighted by Gasteiger charge is -2.18. The number of allylic oxidation sites excluding steroid dienone is 4. The Balaban J connectivity index is 4.32. The van der Waals surface area contributed by atoms with E-state index >= 15 is 0 Å². The van der Waals surface area contributed by atoms with E-state index in [0.717, 1.165) is 77.0 Å². The Morgan fingerprint density at radius 3 is 0.838 bits per heavy atom. The number of hydrogen-bond donors (Lipinski definition) is 0. The average Bonchev–Trinajstić information content (AvgIpc) is 3.34. The molecule has 6 heteroatoms. The molecule has 0 rings (SSSR count). The molecular formula is C62H116O6. The van der Waals surface area contributed by atoms with Crippen LogP contribution in [0.25, 0.3) is 0 Å². The van der Waals surface area contributed by atoms with Crippen LogP contribution in [-0.2, 0) is 28.6 Å². The molecule has 0 aromatic rings. The smallest absolute Gasteiger partial charge is 0.306 e. The number of unbranched alkanes of at least 4 members (excludes halogenated alkanes) is 41. The standard InChI is InChI=1S/C62H116O6/c1-4-7-10-13-16-19-22-25-28-30-31-32-35-37-40-43-46-49-52-55-61(64)67-58-59(57-66-60(63)54-51-48-45-42-39-36-33-27-24-21-18-15-12-9-6-3)68-62(65)56-53-50-47-44-41-38-34-29-26-23-20-17-14-11-8-5-2/h18,21,27,33,59H,4-17,19-20,22-26,28-32,34-58H2,1-3H3/b21-18-,33-27-/t59-/m1/s1. The molecule has 0 N–H and O–H groups in total. The largest absolute Gasteiger partial charge is 0.462 e. The van der Waals surface area contributed by atoms with Crippen LogP contribution in [-0.4, -0.2) is 37.2 Å². The van der Waals surface area contributed by atoms with Crippen LogP contribution in [0.5, 0.6) is 0 Å². The van der Waals surface area contributed by atoms with Crippen molar-refractivity contribution in [1.82, 2.24) is 0 Å². The van der Waals surface area contributed by atoms with Crippen LogP contribution in [0.1, 0.15) is 335 Å². The van der Waals surface area contributed by atoms with Gasteiger partial charge in [0, 0.05) is 19.3 Å². The Labute approximate surface area is 423 Å². The zero-order chi connectivity index (χ0) is 49.3. The van der Waals surface area contributed by atoms with Gasteiger partial charge in [0.15, 0.2) is 6.10 Å². The Bertz CT molecular complexity index is 1100. The molecule has 68 heavy (non-hydrogen) atoms. The van der Waals surface area contributed by atoms with Gasteiger partial charge in [-0.3, -0.25) is 14.4 Å². The number of rotatable bonds is 56. The number of ether oxygens (including phenoxy) is 3. The first kappa shape index (κ1) is 65.9. The van der Waals surface area contributed by atoms with Crippen LogP contribution >= 0.6 is 0 Å². The monoisotopic (exact) mass is 957 g/mol. The van der Waals surface area contributed by atoms with Crippen molar-refractivity contribution in [2.24, 2.45) is 0 Å². The molecule has 0 spiro atoms. The van der Waals surface area contributed by atoms with E-state index < -0.39 is 6.10 Å². The van der Waals surface area contributed by atoms with E-state index in [0.29, 0.717) is 19.3 Å². The molecule has 0 saturated carbocycles. The molecule has 0 amide bonds. The highest BCUT2D eigenvalue weighted by Gasteiger charge is 2.19. The maximum atomic E-state index is 12.9. The molecule has 0 aliphatic rings. The highest BCUT2D eigenvalue weighted by Crippen LogP contribution is 2.17. The third-order valence-electron chi connectivity index (χ3n) is 13.7. The molecule has 0 aliphatic carbocycles. The van der Waals surface area contributed by atoms with Crippen LogP contribution < -0.4 is 0 Å². The molecule has 0 aromatic heterocycles. The minimum Gasteiger partial charge on any atom is -0.462 e. The first-order chi connectivity index (χ1) is 33.5. The zero-order valence-electron chi connectivity index (χ0n) is 45.9. The second-order valence-electron chi connectivity index (χ2n) is 20.6. The van der Waals surface area contributed by atoms with Crippen molar-refractivity contribution in [2.75, 3.05) is 13.2 Å². The molecule has 0 bridgehead atoms. The number of carbonyl (C=O) groups is 3. The Morgan fingerprint density at radius 1 is 0.294 bits per heavy atom. The third kappa shape index (κ3) is 54.8. The Morgan fingerprint density at radius 2 is 0.529 bits per heavy atom. The minimum atomic E-state index is -0.772. The first-order valence-electron chi connectivity index (χ1n) is 30.3.